The molecule has 2 aromatic heterocycles. The molecule has 3 rings (SSSR count). The van der Waals surface area contributed by atoms with E-state index in [2.05, 4.69) is 20.9 Å². The average molecular weight is 305 g/mol. The van der Waals surface area contributed by atoms with Gasteiger partial charge in [0.2, 0.25) is 0 Å². The zero-order valence-corrected chi connectivity index (χ0v) is 11.3. The monoisotopic (exact) mass is 304 g/mol. The Hall–Kier alpha value is -1.39. The number of nitrogens with zero attached hydrogens (tertiary/aromatic N) is 1. The summed E-state index contributed by atoms with van der Waals surface area (Å²) in [6.07, 6.45) is 0. The lowest BCUT2D eigenvalue weighted by Gasteiger charge is -2.04. The van der Waals surface area contributed by atoms with Crippen molar-refractivity contribution >= 4 is 43.9 Å². The first-order valence-electron chi connectivity index (χ1n) is 5.15. The van der Waals surface area contributed by atoms with Crippen molar-refractivity contribution in [3.05, 3.63) is 46.3 Å². The van der Waals surface area contributed by atoms with Crippen molar-refractivity contribution in [2.75, 3.05) is 5.73 Å². The summed E-state index contributed by atoms with van der Waals surface area (Å²) in [5.41, 5.74) is 8.69. The number of fused-ring (bicyclic) bond motifs is 1. The number of para-hydroxylation sites is 1. The summed E-state index contributed by atoms with van der Waals surface area (Å²) in [6.45, 7) is 0. The van der Waals surface area contributed by atoms with Gasteiger partial charge in [0.25, 0.3) is 0 Å². The molecule has 0 aliphatic heterocycles. The molecule has 17 heavy (non-hydrogen) atoms. The van der Waals surface area contributed by atoms with Gasteiger partial charge in [0.1, 0.15) is 0 Å². The third-order valence-electron chi connectivity index (χ3n) is 2.57. The van der Waals surface area contributed by atoms with E-state index in [0.717, 1.165) is 30.9 Å². The predicted molar refractivity (Wildman–Crippen MR) is 77.2 cm³/mol. The molecule has 3 aromatic rings. The normalized spacial score (nSPS) is 10.9. The number of hydrogen-bond donors (Lipinski definition) is 1. The molecule has 4 heteroatoms. The standard InChI is InChI=1S/C13H9BrN2S/c14-13-6-5-12(17-13)11-7-9(15)8-3-1-2-4-10(8)16-11/h1-7H,(H2,15,16). The van der Waals surface area contributed by atoms with E-state index in [1.165, 1.54) is 0 Å². The molecule has 0 spiro atoms. The number of thiophene rings is 1. The molecule has 0 atom stereocenters. The van der Waals surface area contributed by atoms with Crippen LogP contribution >= 0.6 is 27.3 Å². The molecule has 1 aromatic carbocycles. The molecule has 0 saturated heterocycles. The van der Waals surface area contributed by atoms with E-state index in [9.17, 15) is 0 Å². The molecule has 0 amide bonds. The second kappa shape index (κ2) is 4.13. The van der Waals surface area contributed by atoms with Crippen LogP contribution in [0.3, 0.4) is 0 Å². The van der Waals surface area contributed by atoms with Gasteiger partial charge in [0.15, 0.2) is 0 Å². The summed E-state index contributed by atoms with van der Waals surface area (Å²) < 4.78 is 1.10. The van der Waals surface area contributed by atoms with Crippen LogP contribution in [0.1, 0.15) is 0 Å². The van der Waals surface area contributed by atoms with Crippen molar-refractivity contribution in [2.45, 2.75) is 0 Å². The number of pyridine rings is 1. The van der Waals surface area contributed by atoms with Gasteiger partial charge in [-0.15, -0.1) is 11.3 Å². The Bertz CT molecular complexity index is 691. The third kappa shape index (κ3) is 1.94. The van der Waals surface area contributed by atoms with Crippen LogP contribution in [0.2, 0.25) is 0 Å². The van der Waals surface area contributed by atoms with Crippen LogP contribution in [-0.4, -0.2) is 4.98 Å². The Morgan fingerprint density at radius 2 is 1.94 bits per heavy atom. The molecule has 0 saturated carbocycles. The first-order chi connectivity index (χ1) is 8.24. The van der Waals surface area contributed by atoms with Crippen molar-refractivity contribution in [3.8, 4) is 10.6 Å². The maximum Gasteiger partial charge on any atom is 0.0830 e. The quantitative estimate of drug-likeness (QED) is 0.727. The number of halogens is 1. The maximum absolute atomic E-state index is 6.05. The zero-order chi connectivity index (χ0) is 11.8. The summed E-state index contributed by atoms with van der Waals surface area (Å²) in [5.74, 6) is 0. The van der Waals surface area contributed by atoms with Crippen molar-refractivity contribution in [3.63, 3.8) is 0 Å². The van der Waals surface area contributed by atoms with Gasteiger partial charge >= 0.3 is 0 Å². The highest BCUT2D eigenvalue weighted by Gasteiger charge is 2.06. The summed E-state index contributed by atoms with van der Waals surface area (Å²) >= 11 is 5.11. The van der Waals surface area contributed by atoms with Crippen LogP contribution < -0.4 is 5.73 Å². The number of nitrogens with two attached hydrogens (primary N) is 1. The van der Waals surface area contributed by atoms with Crippen LogP contribution in [0.5, 0.6) is 0 Å². The van der Waals surface area contributed by atoms with Crippen LogP contribution in [0, 0.1) is 0 Å². The van der Waals surface area contributed by atoms with E-state index in [0.29, 0.717) is 0 Å². The molecule has 84 valence electrons. The number of aromatic nitrogens is 1. The fraction of sp³-hybridized carbons (Fsp3) is 0. The second-order valence-corrected chi connectivity index (χ2v) is 6.18. The number of hydrogen-bond acceptors (Lipinski definition) is 3. The van der Waals surface area contributed by atoms with E-state index in [1.807, 2.05) is 42.5 Å². The Labute approximate surface area is 111 Å². The summed E-state index contributed by atoms with van der Waals surface area (Å²) in [6, 6.07) is 13.9. The topological polar surface area (TPSA) is 38.9 Å². The highest BCUT2D eigenvalue weighted by molar-refractivity contribution is 9.11. The third-order valence-corrected chi connectivity index (χ3v) is 4.22. The number of anilines is 1. The minimum Gasteiger partial charge on any atom is -0.398 e. The lowest BCUT2D eigenvalue weighted by atomic mass is 10.1. The van der Waals surface area contributed by atoms with Crippen molar-refractivity contribution in [1.29, 1.82) is 0 Å². The number of benzene rings is 1. The van der Waals surface area contributed by atoms with E-state index in [1.54, 1.807) is 11.3 Å². The SMILES string of the molecule is Nc1cc(-c2ccc(Br)s2)nc2ccccc12. The Morgan fingerprint density at radius 3 is 2.71 bits per heavy atom. The van der Waals surface area contributed by atoms with Crippen LogP contribution in [-0.2, 0) is 0 Å². The second-order valence-electron chi connectivity index (χ2n) is 3.72. The highest BCUT2D eigenvalue weighted by atomic mass is 79.9. The van der Waals surface area contributed by atoms with Crippen LogP contribution in [0.25, 0.3) is 21.5 Å². The van der Waals surface area contributed by atoms with Gasteiger partial charge < -0.3 is 5.73 Å². The van der Waals surface area contributed by atoms with Gasteiger partial charge in [-0.2, -0.15) is 0 Å². The van der Waals surface area contributed by atoms with Crippen molar-refractivity contribution < 1.29 is 0 Å². The minimum atomic E-state index is 0.773. The number of nitrogen functional groups attached to an aromatic ring is 1. The Balaban J connectivity index is 2.25. The molecule has 0 unspecified atom stereocenters. The molecule has 0 aliphatic rings. The Morgan fingerprint density at radius 1 is 1.12 bits per heavy atom. The largest absolute Gasteiger partial charge is 0.398 e. The highest BCUT2D eigenvalue weighted by Crippen LogP contribution is 2.32. The first-order valence-corrected chi connectivity index (χ1v) is 6.76. The lowest BCUT2D eigenvalue weighted by molar-refractivity contribution is 1.42. The fourth-order valence-electron chi connectivity index (χ4n) is 1.78. The first kappa shape index (κ1) is 10.7. The lowest BCUT2D eigenvalue weighted by Crippen LogP contribution is -1.91. The molecule has 2 N–H and O–H groups in total. The van der Waals surface area contributed by atoms with Crippen LogP contribution in [0.15, 0.2) is 46.3 Å². The van der Waals surface area contributed by atoms with E-state index in [4.69, 9.17) is 5.73 Å². The summed E-state index contributed by atoms with van der Waals surface area (Å²) in [4.78, 5) is 5.75. The molecule has 0 fully saturated rings. The molecular weight excluding hydrogens is 296 g/mol. The van der Waals surface area contributed by atoms with Gasteiger partial charge in [-0.1, -0.05) is 18.2 Å². The van der Waals surface area contributed by atoms with Crippen LogP contribution in [0.4, 0.5) is 5.69 Å². The van der Waals surface area contributed by atoms with Crippen molar-refractivity contribution in [1.82, 2.24) is 4.98 Å². The van der Waals surface area contributed by atoms with Gasteiger partial charge in [0, 0.05) is 11.1 Å². The molecule has 0 radical (unpaired) electrons. The molecule has 2 nitrogen and oxygen atoms in total. The fourth-order valence-corrected chi connectivity index (χ4v) is 3.13. The van der Waals surface area contributed by atoms with E-state index >= 15 is 0 Å². The smallest absolute Gasteiger partial charge is 0.0830 e. The average Bonchev–Trinajstić information content (AvgIpc) is 2.76. The molecule has 0 aliphatic carbocycles. The molecule has 0 bridgehead atoms. The van der Waals surface area contributed by atoms with Gasteiger partial charge in [-0.05, 0) is 40.2 Å². The summed E-state index contributed by atoms with van der Waals surface area (Å²) in [5, 5.41) is 1.01. The van der Waals surface area contributed by atoms with E-state index < -0.39 is 0 Å². The van der Waals surface area contributed by atoms with E-state index in [-0.39, 0.29) is 0 Å². The summed E-state index contributed by atoms with van der Waals surface area (Å²) in [7, 11) is 0. The predicted octanol–water partition coefficient (Wildman–Crippen LogP) is 4.31. The number of rotatable bonds is 1. The van der Waals surface area contributed by atoms with Gasteiger partial charge in [-0.25, -0.2) is 4.98 Å². The molecular formula is C13H9BrN2S. The maximum atomic E-state index is 6.05. The zero-order valence-electron chi connectivity index (χ0n) is 8.85. The van der Waals surface area contributed by atoms with Gasteiger partial charge in [0.05, 0.1) is 19.9 Å². The Kier molecular flexibility index (Phi) is 2.61. The van der Waals surface area contributed by atoms with Gasteiger partial charge in [-0.3, -0.25) is 0 Å². The molecule has 2 heterocycles. The minimum absolute atomic E-state index is 0.773. The van der Waals surface area contributed by atoms with Crippen molar-refractivity contribution in [2.24, 2.45) is 0 Å².